The van der Waals surface area contributed by atoms with Gasteiger partial charge in [-0.1, -0.05) is 12.1 Å². The molecule has 24 heavy (non-hydrogen) atoms. The topological polar surface area (TPSA) is 79.6 Å². The second-order valence-corrected chi connectivity index (χ2v) is 7.30. The zero-order chi connectivity index (χ0) is 17.2. The van der Waals surface area contributed by atoms with Crippen LogP contribution in [0.15, 0.2) is 29.3 Å². The number of hydrogen-bond acceptors (Lipinski definition) is 4. The molecular weight excluding hydrogens is 324 g/mol. The molecule has 1 saturated heterocycles. The normalized spacial score (nSPS) is 17.7. The van der Waals surface area contributed by atoms with E-state index in [9.17, 15) is 10.1 Å². The summed E-state index contributed by atoms with van der Waals surface area (Å²) < 4.78 is 0. The van der Waals surface area contributed by atoms with Gasteiger partial charge in [-0.05, 0) is 43.4 Å². The molecule has 0 saturated carbocycles. The Morgan fingerprint density at radius 3 is 2.75 bits per heavy atom. The average Bonchev–Trinajstić information content (AvgIpc) is 3.11. The van der Waals surface area contributed by atoms with Crippen LogP contribution in [0.5, 0.6) is 0 Å². The van der Waals surface area contributed by atoms with Gasteiger partial charge in [-0.25, -0.2) is 0 Å². The summed E-state index contributed by atoms with van der Waals surface area (Å²) in [5, 5.41) is 18.1. The number of nitro benzene ring substituents is 1. The van der Waals surface area contributed by atoms with Crippen LogP contribution in [-0.2, 0) is 6.42 Å². The van der Waals surface area contributed by atoms with Gasteiger partial charge >= 0.3 is 0 Å². The van der Waals surface area contributed by atoms with Crippen molar-refractivity contribution in [3.05, 3.63) is 39.9 Å². The molecule has 2 rings (SSSR count). The predicted molar refractivity (Wildman–Crippen MR) is 101 cm³/mol. The van der Waals surface area contributed by atoms with Crippen molar-refractivity contribution in [3.63, 3.8) is 0 Å². The number of aryl methyl sites for hydroxylation is 1. The Hall–Kier alpha value is -1.76. The van der Waals surface area contributed by atoms with Crippen molar-refractivity contribution in [1.82, 2.24) is 10.6 Å². The molecule has 0 radical (unpaired) electrons. The summed E-state index contributed by atoms with van der Waals surface area (Å²) in [6, 6.07) is 6.82. The van der Waals surface area contributed by atoms with E-state index in [1.54, 1.807) is 19.2 Å². The number of rotatable bonds is 8. The number of aliphatic imine (C=N–C) groups is 1. The van der Waals surface area contributed by atoms with E-state index in [0.717, 1.165) is 43.9 Å². The molecule has 6 nitrogen and oxygen atoms in total. The average molecular weight is 350 g/mol. The third-order valence-corrected chi connectivity index (χ3v) is 5.47. The van der Waals surface area contributed by atoms with Crippen LogP contribution < -0.4 is 10.6 Å². The van der Waals surface area contributed by atoms with E-state index in [0.29, 0.717) is 5.25 Å². The number of nitrogens with zero attached hydrogens (tertiary/aromatic N) is 2. The molecule has 1 unspecified atom stereocenters. The molecule has 0 aliphatic carbocycles. The maximum Gasteiger partial charge on any atom is 0.269 e. The van der Waals surface area contributed by atoms with Gasteiger partial charge in [-0.15, -0.1) is 0 Å². The molecule has 0 spiro atoms. The number of nitro groups is 1. The number of thioether (sulfide) groups is 1. The Morgan fingerprint density at radius 1 is 1.33 bits per heavy atom. The van der Waals surface area contributed by atoms with E-state index in [1.165, 1.54) is 18.6 Å². The Morgan fingerprint density at radius 2 is 2.12 bits per heavy atom. The van der Waals surface area contributed by atoms with Crippen LogP contribution in [0, 0.1) is 10.1 Å². The summed E-state index contributed by atoms with van der Waals surface area (Å²) in [7, 11) is 1.80. The number of non-ortho nitro benzene ring substituents is 1. The standard InChI is InChI=1S/C17H26N4O2S/c1-18-17(20-13-16-6-4-12-24-16)19-11-3-2-5-14-7-9-15(10-8-14)21(22)23/h7-10,16H,2-6,11-13H2,1H3,(H2,18,19,20). The highest BCUT2D eigenvalue weighted by atomic mass is 32.2. The molecule has 1 aliphatic rings. The van der Waals surface area contributed by atoms with E-state index in [4.69, 9.17) is 0 Å². The Labute approximate surface area is 147 Å². The van der Waals surface area contributed by atoms with Gasteiger partial charge in [-0.3, -0.25) is 15.1 Å². The minimum absolute atomic E-state index is 0.149. The van der Waals surface area contributed by atoms with Crippen molar-refractivity contribution in [3.8, 4) is 0 Å². The fourth-order valence-corrected chi connectivity index (χ4v) is 3.88. The number of hydrogen-bond donors (Lipinski definition) is 2. The first-order valence-corrected chi connectivity index (χ1v) is 9.53. The highest BCUT2D eigenvalue weighted by Crippen LogP contribution is 2.25. The van der Waals surface area contributed by atoms with Crippen LogP contribution in [-0.4, -0.2) is 42.0 Å². The van der Waals surface area contributed by atoms with E-state index in [2.05, 4.69) is 15.6 Å². The number of nitrogens with one attached hydrogen (secondary N) is 2. The molecule has 7 heteroatoms. The first kappa shape index (κ1) is 18.6. The molecule has 0 amide bonds. The summed E-state index contributed by atoms with van der Waals surface area (Å²) in [6.07, 6.45) is 5.64. The number of unbranched alkanes of at least 4 members (excludes halogenated alkanes) is 1. The summed E-state index contributed by atoms with van der Waals surface area (Å²) in [5.41, 5.74) is 1.29. The molecule has 1 fully saturated rings. The molecule has 0 bridgehead atoms. The molecule has 1 aromatic rings. The van der Waals surface area contributed by atoms with E-state index >= 15 is 0 Å². The minimum atomic E-state index is -0.365. The van der Waals surface area contributed by atoms with E-state index in [1.807, 2.05) is 23.9 Å². The van der Waals surface area contributed by atoms with Gasteiger partial charge in [0.2, 0.25) is 0 Å². The fraction of sp³-hybridized carbons (Fsp3) is 0.588. The third-order valence-electron chi connectivity index (χ3n) is 4.08. The first-order valence-electron chi connectivity index (χ1n) is 8.48. The van der Waals surface area contributed by atoms with Crippen molar-refractivity contribution in [2.24, 2.45) is 4.99 Å². The number of guanidine groups is 1. The Balaban J connectivity index is 1.58. The monoisotopic (exact) mass is 350 g/mol. The van der Waals surface area contributed by atoms with Crippen LogP contribution in [0.25, 0.3) is 0 Å². The predicted octanol–water partition coefficient (Wildman–Crippen LogP) is 2.98. The lowest BCUT2D eigenvalue weighted by atomic mass is 10.1. The molecule has 1 heterocycles. The van der Waals surface area contributed by atoms with Crippen molar-refractivity contribution in [1.29, 1.82) is 0 Å². The molecule has 1 aliphatic heterocycles. The Bertz CT molecular complexity index is 542. The van der Waals surface area contributed by atoms with E-state index < -0.39 is 0 Å². The first-order chi connectivity index (χ1) is 11.7. The summed E-state index contributed by atoms with van der Waals surface area (Å²) in [4.78, 5) is 14.5. The van der Waals surface area contributed by atoms with Crippen molar-refractivity contribution in [2.45, 2.75) is 37.4 Å². The van der Waals surface area contributed by atoms with Gasteiger partial charge in [0.1, 0.15) is 0 Å². The van der Waals surface area contributed by atoms with Crippen molar-refractivity contribution < 1.29 is 4.92 Å². The lowest BCUT2D eigenvalue weighted by Crippen LogP contribution is -2.40. The summed E-state index contributed by atoms with van der Waals surface area (Å²) >= 11 is 2.04. The molecule has 1 aromatic carbocycles. The molecule has 2 N–H and O–H groups in total. The zero-order valence-corrected chi connectivity index (χ0v) is 15.0. The maximum absolute atomic E-state index is 10.6. The van der Waals surface area contributed by atoms with Gasteiger partial charge in [0.25, 0.3) is 5.69 Å². The van der Waals surface area contributed by atoms with Crippen LogP contribution >= 0.6 is 11.8 Å². The van der Waals surface area contributed by atoms with Gasteiger partial charge in [-0.2, -0.15) is 11.8 Å². The summed E-state index contributed by atoms with van der Waals surface area (Å²) in [6.45, 7) is 1.86. The van der Waals surface area contributed by atoms with Crippen molar-refractivity contribution >= 4 is 23.4 Å². The second kappa shape index (κ2) is 10.2. The maximum atomic E-state index is 10.6. The molecular formula is C17H26N4O2S. The largest absolute Gasteiger partial charge is 0.356 e. The summed E-state index contributed by atoms with van der Waals surface area (Å²) in [5.74, 6) is 2.15. The van der Waals surface area contributed by atoms with Crippen molar-refractivity contribution in [2.75, 3.05) is 25.9 Å². The number of benzene rings is 1. The van der Waals surface area contributed by atoms with Gasteiger partial charge in [0.15, 0.2) is 5.96 Å². The SMILES string of the molecule is CN=C(NCCCCc1ccc([N+](=O)[O-])cc1)NCC1CCCS1. The zero-order valence-electron chi connectivity index (χ0n) is 14.2. The van der Waals surface area contributed by atoms with Gasteiger partial charge < -0.3 is 10.6 Å². The van der Waals surface area contributed by atoms with E-state index in [-0.39, 0.29) is 10.6 Å². The highest BCUT2D eigenvalue weighted by molar-refractivity contribution is 8.00. The Kier molecular flexibility index (Phi) is 7.88. The minimum Gasteiger partial charge on any atom is -0.356 e. The lowest BCUT2D eigenvalue weighted by Gasteiger charge is -2.14. The van der Waals surface area contributed by atoms with Gasteiger partial charge in [0.05, 0.1) is 4.92 Å². The van der Waals surface area contributed by atoms with Crippen LogP contribution in [0.3, 0.4) is 0 Å². The van der Waals surface area contributed by atoms with Gasteiger partial charge in [0, 0.05) is 37.5 Å². The molecule has 0 aromatic heterocycles. The fourth-order valence-electron chi connectivity index (χ4n) is 2.68. The lowest BCUT2D eigenvalue weighted by molar-refractivity contribution is -0.384. The van der Waals surface area contributed by atoms with Crippen LogP contribution in [0.4, 0.5) is 5.69 Å². The third kappa shape index (κ3) is 6.39. The molecule has 1 atom stereocenters. The quantitative estimate of drug-likeness (QED) is 0.248. The highest BCUT2D eigenvalue weighted by Gasteiger charge is 2.15. The smallest absolute Gasteiger partial charge is 0.269 e. The molecule has 132 valence electrons. The second-order valence-electron chi connectivity index (χ2n) is 5.90. The van der Waals surface area contributed by atoms with Crippen LogP contribution in [0.2, 0.25) is 0 Å². The van der Waals surface area contributed by atoms with Crippen LogP contribution in [0.1, 0.15) is 31.2 Å².